The van der Waals surface area contributed by atoms with Crippen molar-refractivity contribution in [3.63, 3.8) is 0 Å². The smallest absolute Gasteiger partial charge is 0.413 e. The number of nitrogens with zero attached hydrogens (tertiary/aromatic N) is 1. The van der Waals surface area contributed by atoms with E-state index in [1.807, 2.05) is 0 Å². The Kier molecular flexibility index (Phi) is 3.49. The molecule has 16 heavy (non-hydrogen) atoms. The maximum absolute atomic E-state index is 12.8. The summed E-state index contributed by atoms with van der Waals surface area (Å²) in [6.07, 6.45) is 0. The van der Waals surface area contributed by atoms with Gasteiger partial charge in [0, 0.05) is 17.7 Å². The average Bonchev–Trinajstić information content (AvgIpc) is 2.07. The third-order valence-corrected chi connectivity index (χ3v) is 1.79. The molecule has 0 aromatic heterocycles. The van der Waals surface area contributed by atoms with Gasteiger partial charge in [-0.2, -0.15) is 0 Å². The standard InChI is InChI=1S/C7H2Cl2F3NO3/c8-3-1-6(16-7(9,11)12)5(13(14)15)2-4(3)10/h1-2H. The summed E-state index contributed by atoms with van der Waals surface area (Å²) in [5.41, 5.74) is -5.14. The van der Waals surface area contributed by atoms with Crippen LogP contribution < -0.4 is 4.74 Å². The number of alkyl halides is 3. The van der Waals surface area contributed by atoms with E-state index < -0.39 is 32.8 Å². The van der Waals surface area contributed by atoms with Crippen LogP contribution in [0.1, 0.15) is 0 Å². The van der Waals surface area contributed by atoms with Crippen LogP contribution in [0.4, 0.5) is 18.9 Å². The van der Waals surface area contributed by atoms with Gasteiger partial charge in [0.05, 0.1) is 16.0 Å². The lowest BCUT2D eigenvalue weighted by Gasteiger charge is -2.10. The summed E-state index contributed by atoms with van der Waals surface area (Å²) in [6, 6.07) is 0.908. The molecule has 0 heterocycles. The Balaban J connectivity index is 3.25. The van der Waals surface area contributed by atoms with Crippen LogP contribution in [0.2, 0.25) is 5.02 Å². The van der Waals surface area contributed by atoms with Crippen LogP contribution in [0.25, 0.3) is 0 Å². The van der Waals surface area contributed by atoms with Gasteiger partial charge in [-0.25, -0.2) is 4.39 Å². The van der Waals surface area contributed by atoms with Crippen LogP contribution in [0.15, 0.2) is 12.1 Å². The average molecular weight is 276 g/mol. The first-order valence-electron chi connectivity index (χ1n) is 3.60. The van der Waals surface area contributed by atoms with Gasteiger partial charge in [-0.3, -0.25) is 10.1 Å². The number of hydrogen-bond acceptors (Lipinski definition) is 3. The van der Waals surface area contributed by atoms with Crippen LogP contribution in [-0.2, 0) is 0 Å². The first-order valence-corrected chi connectivity index (χ1v) is 4.35. The highest BCUT2D eigenvalue weighted by Gasteiger charge is 2.32. The molecule has 0 aliphatic heterocycles. The molecule has 0 unspecified atom stereocenters. The zero-order valence-electron chi connectivity index (χ0n) is 7.22. The minimum atomic E-state index is -4.15. The molecule has 0 spiro atoms. The van der Waals surface area contributed by atoms with Gasteiger partial charge in [0.25, 0.3) is 0 Å². The van der Waals surface area contributed by atoms with E-state index in [9.17, 15) is 23.3 Å². The monoisotopic (exact) mass is 275 g/mol. The van der Waals surface area contributed by atoms with Crippen molar-refractivity contribution in [2.24, 2.45) is 0 Å². The number of hydrogen-bond donors (Lipinski definition) is 0. The molecule has 9 heteroatoms. The minimum absolute atomic E-state index is 0.361. The fraction of sp³-hybridized carbons (Fsp3) is 0.143. The van der Waals surface area contributed by atoms with Crippen LogP contribution in [0.5, 0.6) is 5.75 Å². The van der Waals surface area contributed by atoms with Gasteiger partial charge in [-0.15, -0.1) is 8.78 Å². The fourth-order valence-corrected chi connectivity index (χ4v) is 1.10. The van der Waals surface area contributed by atoms with Crippen LogP contribution in [-0.4, -0.2) is 10.5 Å². The van der Waals surface area contributed by atoms with E-state index in [0.717, 1.165) is 0 Å². The van der Waals surface area contributed by atoms with Crippen molar-refractivity contribution in [3.05, 3.63) is 33.1 Å². The molecule has 1 aromatic carbocycles. The molecule has 0 atom stereocenters. The van der Waals surface area contributed by atoms with Gasteiger partial charge in [0.15, 0.2) is 0 Å². The number of nitro groups is 1. The van der Waals surface area contributed by atoms with Gasteiger partial charge in [-0.1, -0.05) is 11.6 Å². The molecule has 4 nitrogen and oxygen atoms in total. The summed E-state index contributed by atoms with van der Waals surface area (Å²) in [4.78, 5) is 9.30. The summed E-state index contributed by atoms with van der Waals surface area (Å²) in [6.45, 7) is 0. The number of halogens is 5. The molecule has 1 rings (SSSR count). The van der Waals surface area contributed by atoms with Crippen LogP contribution in [0, 0.1) is 15.9 Å². The molecule has 0 saturated heterocycles. The van der Waals surface area contributed by atoms with Gasteiger partial charge in [-0.05, 0) is 0 Å². The van der Waals surface area contributed by atoms with E-state index in [-0.39, 0.29) is 0 Å². The van der Waals surface area contributed by atoms with E-state index in [2.05, 4.69) is 16.3 Å². The molecular formula is C7H2Cl2F3NO3. The fourth-order valence-electron chi connectivity index (χ4n) is 0.867. The molecule has 0 aliphatic rings. The number of benzene rings is 1. The number of nitro benzene ring substituents is 1. The summed E-state index contributed by atoms with van der Waals surface area (Å²) >= 11 is 9.68. The molecule has 0 fully saturated rings. The first-order chi connectivity index (χ1) is 7.20. The second-order valence-corrected chi connectivity index (χ2v) is 3.39. The Morgan fingerprint density at radius 1 is 1.44 bits per heavy atom. The van der Waals surface area contributed by atoms with E-state index >= 15 is 0 Å². The zero-order chi connectivity index (χ0) is 12.5. The highest BCUT2D eigenvalue weighted by Crippen LogP contribution is 2.36. The van der Waals surface area contributed by atoms with Crippen molar-refractivity contribution in [3.8, 4) is 5.75 Å². The summed E-state index contributed by atoms with van der Waals surface area (Å²) in [5, 5.41) is 9.80. The predicted molar refractivity (Wildman–Crippen MR) is 49.5 cm³/mol. The maximum Gasteiger partial charge on any atom is 0.487 e. The SMILES string of the molecule is O=[N+]([O-])c1cc(F)c(Cl)cc1OC(F)(F)Cl. The summed E-state index contributed by atoms with van der Waals surface area (Å²) < 4.78 is 41.1. The lowest BCUT2D eigenvalue weighted by Crippen LogP contribution is -2.16. The van der Waals surface area contributed by atoms with E-state index in [4.69, 9.17) is 11.6 Å². The highest BCUT2D eigenvalue weighted by molar-refractivity contribution is 6.31. The highest BCUT2D eigenvalue weighted by atomic mass is 35.5. The van der Waals surface area contributed by atoms with E-state index in [1.165, 1.54) is 0 Å². The van der Waals surface area contributed by atoms with Crippen molar-refractivity contribution >= 4 is 28.9 Å². The van der Waals surface area contributed by atoms with Gasteiger partial charge >= 0.3 is 11.3 Å². The number of rotatable bonds is 3. The van der Waals surface area contributed by atoms with Crippen molar-refractivity contribution in [1.29, 1.82) is 0 Å². The van der Waals surface area contributed by atoms with Crippen molar-refractivity contribution < 1.29 is 22.8 Å². The van der Waals surface area contributed by atoms with Crippen LogP contribution in [0.3, 0.4) is 0 Å². The molecule has 0 saturated carbocycles. The number of ether oxygens (including phenoxy) is 1. The third kappa shape index (κ3) is 3.14. The predicted octanol–water partition coefficient (Wildman–Crippen LogP) is 3.56. The minimum Gasteiger partial charge on any atom is -0.413 e. The van der Waals surface area contributed by atoms with Crippen LogP contribution >= 0.6 is 23.2 Å². The van der Waals surface area contributed by atoms with Crippen molar-refractivity contribution in [2.45, 2.75) is 5.57 Å². The Labute approximate surface area is 96.7 Å². The molecule has 0 radical (unpaired) electrons. The van der Waals surface area contributed by atoms with Gasteiger partial charge in [0.1, 0.15) is 5.82 Å². The van der Waals surface area contributed by atoms with Gasteiger partial charge in [0.2, 0.25) is 5.75 Å². The molecular weight excluding hydrogens is 274 g/mol. The maximum atomic E-state index is 12.8. The molecule has 1 aromatic rings. The Hall–Kier alpha value is -1.21. The Morgan fingerprint density at radius 3 is 2.44 bits per heavy atom. The summed E-state index contributed by atoms with van der Waals surface area (Å²) in [5.74, 6) is -2.05. The third-order valence-electron chi connectivity index (χ3n) is 1.42. The first kappa shape index (κ1) is 12.9. The largest absolute Gasteiger partial charge is 0.487 e. The van der Waals surface area contributed by atoms with Gasteiger partial charge < -0.3 is 4.74 Å². The summed E-state index contributed by atoms with van der Waals surface area (Å²) in [7, 11) is 0. The molecule has 0 aliphatic carbocycles. The molecule has 0 bridgehead atoms. The quantitative estimate of drug-likeness (QED) is 0.482. The lowest BCUT2D eigenvalue weighted by molar-refractivity contribution is -0.386. The topological polar surface area (TPSA) is 52.4 Å². The van der Waals surface area contributed by atoms with Crippen molar-refractivity contribution in [2.75, 3.05) is 0 Å². The normalized spacial score (nSPS) is 11.3. The molecule has 0 N–H and O–H groups in total. The zero-order valence-corrected chi connectivity index (χ0v) is 8.73. The Morgan fingerprint density at radius 2 is 2.00 bits per heavy atom. The second kappa shape index (κ2) is 4.34. The van der Waals surface area contributed by atoms with Crippen molar-refractivity contribution in [1.82, 2.24) is 0 Å². The Bertz CT molecular complexity index is 436. The van der Waals surface area contributed by atoms with E-state index in [0.29, 0.717) is 12.1 Å². The lowest BCUT2D eigenvalue weighted by atomic mass is 10.3. The van der Waals surface area contributed by atoms with E-state index in [1.54, 1.807) is 0 Å². The second-order valence-electron chi connectivity index (χ2n) is 2.54. The molecule has 0 amide bonds. The molecule has 88 valence electrons.